The number of fused-ring (bicyclic) bond motifs is 1. The van der Waals surface area contributed by atoms with Crippen molar-refractivity contribution in [3.63, 3.8) is 0 Å². The van der Waals surface area contributed by atoms with Crippen LogP contribution in [0.15, 0.2) is 30.6 Å². The molecule has 7 nitrogen and oxygen atoms in total. The van der Waals surface area contributed by atoms with Gasteiger partial charge >= 0.3 is 0 Å². The molecule has 1 saturated carbocycles. The Kier molecular flexibility index (Phi) is 4.32. The Labute approximate surface area is 140 Å². The first-order valence-corrected chi connectivity index (χ1v) is 7.60. The Morgan fingerprint density at radius 2 is 2.13 bits per heavy atom. The number of amides is 1. The zero-order valence-electron chi connectivity index (χ0n) is 12.6. The van der Waals surface area contributed by atoms with Crippen LogP contribution >= 0.6 is 12.4 Å². The average molecular weight is 335 g/mol. The summed E-state index contributed by atoms with van der Waals surface area (Å²) in [7, 11) is 0. The number of likely N-dealkylation sites (tertiary alicyclic amines) is 1. The van der Waals surface area contributed by atoms with Gasteiger partial charge in [0.1, 0.15) is 6.33 Å². The first-order valence-electron chi connectivity index (χ1n) is 7.60. The number of rotatable bonds is 2. The summed E-state index contributed by atoms with van der Waals surface area (Å²) < 4.78 is 1.55. The predicted molar refractivity (Wildman–Crippen MR) is 86.5 cm³/mol. The number of tetrazole rings is 1. The fourth-order valence-electron chi connectivity index (χ4n) is 3.72. The summed E-state index contributed by atoms with van der Waals surface area (Å²) in [5.74, 6) is 1.10. The summed E-state index contributed by atoms with van der Waals surface area (Å²) in [4.78, 5) is 14.7. The smallest absolute Gasteiger partial charge is 0.253 e. The molecule has 2 N–H and O–H groups in total. The maximum Gasteiger partial charge on any atom is 0.253 e. The lowest BCUT2D eigenvalue weighted by molar-refractivity contribution is 0.0779. The molecular weight excluding hydrogens is 316 g/mol. The largest absolute Gasteiger partial charge is 0.338 e. The highest BCUT2D eigenvalue weighted by molar-refractivity contribution is 5.95. The van der Waals surface area contributed by atoms with Gasteiger partial charge in [-0.1, -0.05) is 6.07 Å². The van der Waals surface area contributed by atoms with Gasteiger partial charge in [0.05, 0.1) is 5.69 Å². The second-order valence-electron chi connectivity index (χ2n) is 6.18. The Balaban J connectivity index is 0.00000156. The van der Waals surface area contributed by atoms with Gasteiger partial charge in [0.2, 0.25) is 0 Å². The minimum Gasteiger partial charge on any atom is -0.338 e. The number of halogens is 1. The van der Waals surface area contributed by atoms with Crippen LogP contribution in [0.1, 0.15) is 23.2 Å². The number of carbonyl (C=O) groups is 1. The third kappa shape index (κ3) is 2.82. The van der Waals surface area contributed by atoms with E-state index in [4.69, 9.17) is 5.73 Å². The first-order chi connectivity index (χ1) is 10.7. The van der Waals surface area contributed by atoms with Gasteiger partial charge < -0.3 is 10.6 Å². The van der Waals surface area contributed by atoms with Gasteiger partial charge in [-0.05, 0) is 53.3 Å². The van der Waals surface area contributed by atoms with Crippen LogP contribution in [0.25, 0.3) is 5.69 Å². The Morgan fingerprint density at radius 3 is 2.87 bits per heavy atom. The molecule has 1 aliphatic heterocycles. The van der Waals surface area contributed by atoms with Crippen LogP contribution in [-0.2, 0) is 0 Å². The second-order valence-corrected chi connectivity index (χ2v) is 6.18. The number of hydrogen-bond acceptors (Lipinski definition) is 5. The van der Waals surface area contributed by atoms with E-state index >= 15 is 0 Å². The lowest BCUT2D eigenvalue weighted by atomic mass is 9.98. The molecule has 23 heavy (non-hydrogen) atoms. The molecule has 122 valence electrons. The van der Waals surface area contributed by atoms with Gasteiger partial charge in [0.25, 0.3) is 5.91 Å². The van der Waals surface area contributed by atoms with Crippen molar-refractivity contribution in [3.05, 3.63) is 36.2 Å². The molecule has 0 radical (unpaired) electrons. The van der Waals surface area contributed by atoms with Crippen LogP contribution < -0.4 is 5.73 Å². The Bertz CT molecular complexity index is 691. The number of hydrogen-bond donors (Lipinski definition) is 1. The highest BCUT2D eigenvalue weighted by atomic mass is 35.5. The van der Waals surface area contributed by atoms with Gasteiger partial charge in [0, 0.05) is 24.7 Å². The molecule has 2 fully saturated rings. The van der Waals surface area contributed by atoms with E-state index in [9.17, 15) is 4.79 Å². The fraction of sp³-hybridized carbons (Fsp3) is 0.467. The minimum absolute atomic E-state index is 0. The summed E-state index contributed by atoms with van der Waals surface area (Å²) in [6.07, 6.45) is 3.75. The van der Waals surface area contributed by atoms with Crippen molar-refractivity contribution in [2.45, 2.75) is 18.9 Å². The standard InChI is InChI=1S/C15H18N6O.ClH/c16-14-5-4-11-7-20(8-13(11)14)15(22)10-2-1-3-12(6-10)21-9-17-18-19-21;/h1-3,6,9,11,13-14H,4-5,7-8,16H2;1H. The number of benzene rings is 1. The molecule has 1 aromatic heterocycles. The average Bonchev–Trinajstić information content (AvgIpc) is 3.25. The maximum absolute atomic E-state index is 12.7. The van der Waals surface area contributed by atoms with Crippen LogP contribution in [0.4, 0.5) is 0 Å². The maximum atomic E-state index is 12.7. The van der Waals surface area contributed by atoms with Crippen LogP contribution in [-0.4, -0.2) is 50.1 Å². The number of nitrogens with zero attached hydrogens (tertiary/aromatic N) is 5. The second kappa shape index (κ2) is 6.25. The van der Waals surface area contributed by atoms with E-state index in [0.29, 0.717) is 17.4 Å². The van der Waals surface area contributed by atoms with E-state index in [0.717, 1.165) is 31.6 Å². The monoisotopic (exact) mass is 334 g/mol. The molecule has 8 heteroatoms. The van der Waals surface area contributed by atoms with Gasteiger partial charge in [-0.3, -0.25) is 4.79 Å². The summed E-state index contributed by atoms with van der Waals surface area (Å²) >= 11 is 0. The normalized spacial score (nSPS) is 26.0. The number of aromatic nitrogens is 4. The van der Waals surface area contributed by atoms with Crippen LogP contribution in [0.2, 0.25) is 0 Å². The van der Waals surface area contributed by atoms with Crippen molar-refractivity contribution in [1.29, 1.82) is 0 Å². The molecule has 3 atom stereocenters. The predicted octanol–water partition coefficient (Wildman–Crippen LogP) is 0.893. The summed E-state index contributed by atoms with van der Waals surface area (Å²) in [5, 5.41) is 11.1. The third-order valence-corrected chi connectivity index (χ3v) is 4.91. The Hall–Kier alpha value is -1.99. The molecular formula is C15H19ClN6O. The topological polar surface area (TPSA) is 89.9 Å². The number of carbonyl (C=O) groups excluding carboxylic acids is 1. The van der Waals surface area contributed by atoms with E-state index in [-0.39, 0.29) is 24.4 Å². The van der Waals surface area contributed by atoms with Crippen LogP contribution in [0, 0.1) is 11.8 Å². The van der Waals surface area contributed by atoms with E-state index in [2.05, 4.69) is 15.5 Å². The quantitative estimate of drug-likeness (QED) is 0.881. The molecule has 0 spiro atoms. The highest BCUT2D eigenvalue weighted by Crippen LogP contribution is 2.37. The molecule has 1 amide bonds. The van der Waals surface area contributed by atoms with Gasteiger partial charge in [-0.25, -0.2) is 4.68 Å². The molecule has 2 aromatic rings. The summed E-state index contributed by atoms with van der Waals surface area (Å²) in [6, 6.07) is 7.64. The van der Waals surface area contributed by atoms with Crippen molar-refractivity contribution in [2.24, 2.45) is 17.6 Å². The molecule has 2 aliphatic rings. The molecule has 1 saturated heterocycles. The first kappa shape index (κ1) is 15.9. The van der Waals surface area contributed by atoms with Crippen LogP contribution in [0.3, 0.4) is 0 Å². The van der Waals surface area contributed by atoms with E-state index < -0.39 is 0 Å². The lowest BCUT2D eigenvalue weighted by Crippen LogP contribution is -2.33. The molecule has 4 rings (SSSR count). The van der Waals surface area contributed by atoms with Crippen molar-refractivity contribution >= 4 is 18.3 Å². The molecule has 1 aliphatic carbocycles. The zero-order valence-corrected chi connectivity index (χ0v) is 13.4. The van der Waals surface area contributed by atoms with E-state index in [1.54, 1.807) is 4.68 Å². The number of nitrogens with two attached hydrogens (primary N) is 1. The Morgan fingerprint density at radius 1 is 1.26 bits per heavy atom. The van der Waals surface area contributed by atoms with Crippen molar-refractivity contribution in [1.82, 2.24) is 25.1 Å². The van der Waals surface area contributed by atoms with E-state index in [1.807, 2.05) is 29.2 Å². The lowest BCUT2D eigenvalue weighted by Gasteiger charge is -2.19. The zero-order chi connectivity index (χ0) is 15.1. The fourth-order valence-corrected chi connectivity index (χ4v) is 3.72. The van der Waals surface area contributed by atoms with Crippen LogP contribution in [0.5, 0.6) is 0 Å². The molecule has 1 aromatic carbocycles. The SMILES string of the molecule is Cl.NC1CCC2CN(C(=O)c3cccc(-n4cnnn4)c3)CC12. The summed E-state index contributed by atoms with van der Waals surface area (Å²) in [5.41, 5.74) is 7.60. The van der Waals surface area contributed by atoms with Crippen molar-refractivity contribution < 1.29 is 4.79 Å². The minimum atomic E-state index is 0. The van der Waals surface area contributed by atoms with E-state index in [1.165, 1.54) is 6.33 Å². The van der Waals surface area contributed by atoms with Gasteiger partial charge in [-0.15, -0.1) is 17.5 Å². The molecule has 0 bridgehead atoms. The third-order valence-electron chi connectivity index (χ3n) is 4.91. The van der Waals surface area contributed by atoms with Crippen molar-refractivity contribution in [3.8, 4) is 5.69 Å². The van der Waals surface area contributed by atoms with Gasteiger partial charge in [0.15, 0.2) is 0 Å². The molecule has 2 heterocycles. The molecule has 3 unspecified atom stereocenters. The van der Waals surface area contributed by atoms with Crippen molar-refractivity contribution in [2.75, 3.05) is 13.1 Å². The summed E-state index contributed by atoms with van der Waals surface area (Å²) in [6.45, 7) is 1.60. The van der Waals surface area contributed by atoms with Gasteiger partial charge in [-0.2, -0.15) is 0 Å². The highest BCUT2D eigenvalue weighted by Gasteiger charge is 2.42.